The van der Waals surface area contributed by atoms with Crippen LogP contribution in [0.25, 0.3) is 0 Å². The molecule has 0 radical (unpaired) electrons. The summed E-state index contributed by atoms with van der Waals surface area (Å²) in [6, 6.07) is 1.99. The Labute approximate surface area is 104 Å². The molecule has 1 heterocycles. The number of hydrogen-bond acceptors (Lipinski definition) is 2. The lowest BCUT2D eigenvalue weighted by Crippen LogP contribution is -2.14. The van der Waals surface area contributed by atoms with Gasteiger partial charge in [-0.05, 0) is 44.7 Å². The van der Waals surface area contributed by atoms with Crippen molar-refractivity contribution < 1.29 is 4.79 Å². The molecule has 0 aliphatic carbocycles. The van der Waals surface area contributed by atoms with Crippen molar-refractivity contribution >= 4 is 11.6 Å². The highest BCUT2D eigenvalue weighted by Gasteiger charge is 2.09. The summed E-state index contributed by atoms with van der Waals surface area (Å²) in [6.45, 7) is 10.1. The van der Waals surface area contributed by atoms with Crippen LogP contribution in [0.3, 0.4) is 0 Å². The maximum Gasteiger partial charge on any atom is 0.224 e. The molecule has 1 N–H and O–H groups in total. The van der Waals surface area contributed by atoms with E-state index >= 15 is 0 Å². The standard InChI is InChI=1S/C14H22N2O/c1-9(2)6-7-13(17)16-14-10(3)8-11(4)15-12(14)5/h8-9H,6-7H2,1-5H3,(H,16,17). The summed E-state index contributed by atoms with van der Waals surface area (Å²) in [5, 5.41) is 2.96. The van der Waals surface area contributed by atoms with Crippen molar-refractivity contribution in [2.45, 2.75) is 47.5 Å². The van der Waals surface area contributed by atoms with Crippen LogP contribution < -0.4 is 5.32 Å². The third kappa shape index (κ3) is 4.17. The molecular weight excluding hydrogens is 212 g/mol. The number of rotatable bonds is 4. The third-order valence-electron chi connectivity index (χ3n) is 2.74. The summed E-state index contributed by atoms with van der Waals surface area (Å²) < 4.78 is 0. The molecule has 0 atom stereocenters. The molecule has 1 rings (SSSR count). The predicted molar refractivity (Wildman–Crippen MR) is 71.1 cm³/mol. The zero-order valence-electron chi connectivity index (χ0n) is 11.4. The van der Waals surface area contributed by atoms with Gasteiger partial charge in [-0.25, -0.2) is 0 Å². The van der Waals surface area contributed by atoms with Crippen LogP contribution in [0.5, 0.6) is 0 Å². The first-order valence-electron chi connectivity index (χ1n) is 6.15. The lowest BCUT2D eigenvalue weighted by atomic mass is 10.1. The largest absolute Gasteiger partial charge is 0.324 e. The molecule has 17 heavy (non-hydrogen) atoms. The minimum Gasteiger partial charge on any atom is -0.324 e. The van der Waals surface area contributed by atoms with E-state index < -0.39 is 0 Å². The lowest BCUT2D eigenvalue weighted by Gasteiger charge is -2.12. The quantitative estimate of drug-likeness (QED) is 0.867. The van der Waals surface area contributed by atoms with Crippen LogP contribution in [-0.2, 0) is 4.79 Å². The van der Waals surface area contributed by atoms with Crippen molar-refractivity contribution in [3.63, 3.8) is 0 Å². The molecule has 0 saturated heterocycles. The Morgan fingerprint density at radius 1 is 1.35 bits per heavy atom. The predicted octanol–water partition coefficient (Wildman–Crippen LogP) is 3.38. The average Bonchev–Trinajstić information content (AvgIpc) is 2.20. The van der Waals surface area contributed by atoms with E-state index in [-0.39, 0.29) is 5.91 Å². The van der Waals surface area contributed by atoms with Crippen molar-refractivity contribution in [1.82, 2.24) is 4.98 Å². The van der Waals surface area contributed by atoms with Gasteiger partial charge in [-0.3, -0.25) is 9.78 Å². The van der Waals surface area contributed by atoms with Gasteiger partial charge in [-0.2, -0.15) is 0 Å². The van der Waals surface area contributed by atoms with E-state index in [1.165, 1.54) is 0 Å². The first-order chi connectivity index (χ1) is 7.90. The van der Waals surface area contributed by atoms with Crippen LogP contribution in [-0.4, -0.2) is 10.9 Å². The second-order valence-electron chi connectivity index (χ2n) is 5.02. The van der Waals surface area contributed by atoms with E-state index in [0.29, 0.717) is 12.3 Å². The summed E-state index contributed by atoms with van der Waals surface area (Å²) in [6.07, 6.45) is 1.49. The van der Waals surface area contributed by atoms with Gasteiger partial charge in [0.05, 0.1) is 11.4 Å². The highest BCUT2D eigenvalue weighted by Crippen LogP contribution is 2.19. The summed E-state index contributed by atoms with van der Waals surface area (Å²) in [5.41, 5.74) is 3.82. The summed E-state index contributed by atoms with van der Waals surface area (Å²) in [4.78, 5) is 16.1. The van der Waals surface area contributed by atoms with Crippen molar-refractivity contribution in [2.24, 2.45) is 5.92 Å². The molecule has 3 heteroatoms. The van der Waals surface area contributed by atoms with Gasteiger partial charge in [-0.15, -0.1) is 0 Å². The number of aromatic nitrogens is 1. The van der Waals surface area contributed by atoms with E-state index in [1.807, 2.05) is 26.8 Å². The van der Waals surface area contributed by atoms with Gasteiger partial charge < -0.3 is 5.32 Å². The number of carbonyl (C=O) groups is 1. The SMILES string of the molecule is Cc1cc(C)c(NC(=O)CCC(C)C)c(C)n1. The summed E-state index contributed by atoms with van der Waals surface area (Å²) in [5.74, 6) is 0.634. The topological polar surface area (TPSA) is 42.0 Å². The molecule has 1 aromatic heterocycles. The van der Waals surface area contributed by atoms with Crippen molar-refractivity contribution in [1.29, 1.82) is 0 Å². The van der Waals surface area contributed by atoms with Crippen LogP contribution in [0, 0.1) is 26.7 Å². The molecular formula is C14H22N2O. The molecule has 1 amide bonds. The van der Waals surface area contributed by atoms with Crippen molar-refractivity contribution in [2.75, 3.05) is 5.32 Å². The molecule has 0 aromatic carbocycles. The fourth-order valence-electron chi connectivity index (χ4n) is 1.83. The molecule has 0 unspecified atom stereocenters. The summed E-state index contributed by atoms with van der Waals surface area (Å²) in [7, 11) is 0. The van der Waals surface area contributed by atoms with Gasteiger partial charge in [0.2, 0.25) is 5.91 Å². The van der Waals surface area contributed by atoms with Gasteiger partial charge in [-0.1, -0.05) is 13.8 Å². The molecule has 0 fully saturated rings. The van der Waals surface area contributed by atoms with E-state index in [0.717, 1.165) is 29.1 Å². The van der Waals surface area contributed by atoms with Gasteiger partial charge in [0.15, 0.2) is 0 Å². The third-order valence-corrected chi connectivity index (χ3v) is 2.74. The van der Waals surface area contributed by atoms with Crippen LogP contribution in [0.15, 0.2) is 6.07 Å². The van der Waals surface area contributed by atoms with E-state index in [2.05, 4.69) is 24.1 Å². The molecule has 1 aromatic rings. The smallest absolute Gasteiger partial charge is 0.224 e. The van der Waals surface area contributed by atoms with Crippen LogP contribution in [0.2, 0.25) is 0 Å². The Bertz CT molecular complexity index is 388. The Kier molecular flexibility index (Phi) is 4.67. The minimum atomic E-state index is 0.0792. The second kappa shape index (κ2) is 5.80. The van der Waals surface area contributed by atoms with Gasteiger partial charge in [0, 0.05) is 12.1 Å². The molecule has 0 spiro atoms. The van der Waals surface area contributed by atoms with E-state index in [1.54, 1.807) is 0 Å². The maximum atomic E-state index is 11.8. The Morgan fingerprint density at radius 3 is 2.53 bits per heavy atom. The number of nitrogens with one attached hydrogen (secondary N) is 1. The van der Waals surface area contributed by atoms with Crippen molar-refractivity contribution in [3.05, 3.63) is 23.0 Å². The van der Waals surface area contributed by atoms with Crippen molar-refractivity contribution in [3.8, 4) is 0 Å². The average molecular weight is 234 g/mol. The van der Waals surface area contributed by atoms with Crippen LogP contribution in [0.1, 0.15) is 43.6 Å². The zero-order valence-corrected chi connectivity index (χ0v) is 11.4. The van der Waals surface area contributed by atoms with Gasteiger partial charge in [0.25, 0.3) is 0 Å². The first-order valence-corrected chi connectivity index (χ1v) is 6.15. The molecule has 0 saturated carbocycles. The molecule has 94 valence electrons. The first kappa shape index (κ1) is 13.7. The Morgan fingerprint density at radius 2 is 2.00 bits per heavy atom. The molecule has 0 bridgehead atoms. The van der Waals surface area contributed by atoms with Gasteiger partial charge in [0.1, 0.15) is 0 Å². The number of amides is 1. The number of pyridine rings is 1. The Balaban J connectivity index is 2.72. The number of anilines is 1. The lowest BCUT2D eigenvalue weighted by molar-refractivity contribution is -0.116. The maximum absolute atomic E-state index is 11.8. The second-order valence-corrected chi connectivity index (χ2v) is 5.02. The fraction of sp³-hybridized carbons (Fsp3) is 0.571. The Hall–Kier alpha value is -1.38. The van der Waals surface area contributed by atoms with E-state index in [4.69, 9.17) is 0 Å². The fourth-order valence-corrected chi connectivity index (χ4v) is 1.83. The number of hydrogen-bond donors (Lipinski definition) is 1. The molecule has 0 aliphatic heterocycles. The number of carbonyl (C=O) groups excluding carboxylic acids is 1. The van der Waals surface area contributed by atoms with Crippen LogP contribution in [0.4, 0.5) is 5.69 Å². The molecule has 3 nitrogen and oxygen atoms in total. The highest BCUT2D eigenvalue weighted by molar-refractivity contribution is 5.92. The zero-order chi connectivity index (χ0) is 13.0. The highest BCUT2D eigenvalue weighted by atomic mass is 16.1. The monoisotopic (exact) mass is 234 g/mol. The molecule has 0 aliphatic rings. The number of aryl methyl sites for hydroxylation is 3. The normalized spacial score (nSPS) is 10.7. The number of nitrogens with zero attached hydrogens (tertiary/aromatic N) is 1. The minimum absolute atomic E-state index is 0.0792. The van der Waals surface area contributed by atoms with Crippen LogP contribution >= 0.6 is 0 Å². The van der Waals surface area contributed by atoms with E-state index in [9.17, 15) is 4.79 Å². The van der Waals surface area contributed by atoms with Gasteiger partial charge >= 0.3 is 0 Å². The summed E-state index contributed by atoms with van der Waals surface area (Å²) >= 11 is 0.